The smallest absolute Gasteiger partial charge is 0.142 e. The average Bonchev–Trinajstić information content (AvgIpc) is 2.86. The van der Waals surface area contributed by atoms with E-state index in [9.17, 15) is 4.39 Å². The van der Waals surface area contributed by atoms with Crippen LogP contribution in [0.15, 0.2) is 18.2 Å². The standard InChI is InChI=1S/C15H21ClFN/c1-18-13(8-11-4-2-3-5-11)9-12-6-7-14(16)15(17)10-12/h6-7,10-11,13,18H,2-5,8-9H2,1H3. The lowest BCUT2D eigenvalue weighted by molar-refractivity contribution is 0.402. The summed E-state index contributed by atoms with van der Waals surface area (Å²) in [5, 5.41) is 3.56. The van der Waals surface area contributed by atoms with E-state index in [4.69, 9.17) is 11.6 Å². The Bertz CT molecular complexity index is 388. The molecule has 100 valence electrons. The maximum Gasteiger partial charge on any atom is 0.142 e. The SMILES string of the molecule is CNC(Cc1ccc(Cl)c(F)c1)CC1CCCC1. The summed E-state index contributed by atoms with van der Waals surface area (Å²) in [6.45, 7) is 0. The van der Waals surface area contributed by atoms with Crippen molar-refractivity contribution in [3.8, 4) is 0 Å². The van der Waals surface area contributed by atoms with Crippen LogP contribution in [0.4, 0.5) is 4.39 Å². The molecule has 0 heterocycles. The highest BCUT2D eigenvalue weighted by atomic mass is 35.5. The van der Waals surface area contributed by atoms with Crippen molar-refractivity contribution in [3.63, 3.8) is 0 Å². The topological polar surface area (TPSA) is 12.0 Å². The van der Waals surface area contributed by atoms with E-state index in [1.54, 1.807) is 12.1 Å². The van der Waals surface area contributed by atoms with Crippen molar-refractivity contribution in [2.75, 3.05) is 7.05 Å². The third-order valence-corrected chi connectivity index (χ3v) is 4.27. The van der Waals surface area contributed by atoms with Crippen LogP contribution in [0.3, 0.4) is 0 Å². The van der Waals surface area contributed by atoms with Crippen LogP contribution in [-0.2, 0) is 6.42 Å². The first-order chi connectivity index (χ1) is 8.69. The van der Waals surface area contributed by atoms with Crippen molar-refractivity contribution >= 4 is 11.6 Å². The number of benzene rings is 1. The summed E-state index contributed by atoms with van der Waals surface area (Å²) < 4.78 is 13.4. The van der Waals surface area contributed by atoms with Gasteiger partial charge in [0.15, 0.2) is 0 Å². The zero-order valence-electron chi connectivity index (χ0n) is 10.9. The highest BCUT2D eigenvalue weighted by Gasteiger charge is 2.19. The molecule has 0 aliphatic heterocycles. The van der Waals surface area contributed by atoms with Gasteiger partial charge in [-0.3, -0.25) is 0 Å². The molecule has 1 aromatic rings. The lowest BCUT2D eigenvalue weighted by atomic mass is 9.94. The number of hydrogen-bond donors (Lipinski definition) is 1. The molecule has 18 heavy (non-hydrogen) atoms. The minimum absolute atomic E-state index is 0.204. The van der Waals surface area contributed by atoms with E-state index in [0.29, 0.717) is 6.04 Å². The number of halogens is 2. The number of rotatable bonds is 5. The Morgan fingerprint density at radius 3 is 2.72 bits per heavy atom. The average molecular weight is 270 g/mol. The molecule has 0 aromatic heterocycles. The Balaban J connectivity index is 1.94. The molecule has 0 radical (unpaired) electrons. The van der Waals surface area contributed by atoms with Gasteiger partial charge in [-0.25, -0.2) is 4.39 Å². The molecule has 2 rings (SSSR count). The van der Waals surface area contributed by atoms with Crippen LogP contribution in [0, 0.1) is 11.7 Å². The van der Waals surface area contributed by atoms with E-state index in [-0.39, 0.29) is 10.8 Å². The van der Waals surface area contributed by atoms with Gasteiger partial charge in [-0.2, -0.15) is 0 Å². The van der Waals surface area contributed by atoms with Crippen molar-refractivity contribution in [2.45, 2.75) is 44.6 Å². The fraction of sp³-hybridized carbons (Fsp3) is 0.600. The normalized spacial score (nSPS) is 18.2. The second kappa shape index (κ2) is 6.53. The molecule has 1 nitrogen and oxygen atoms in total. The molecule has 1 aliphatic carbocycles. The molecule has 0 saturated heterocycles. The molecule has 1 N–H and O–H groups in total. The largest absolute Gasteiger partial charge is 0.317 e. The molecule has 0 amide bonds. The van der Waals surface area contributed by atoms with E-state index in [2.05, 4.69) is 5.32 Å². The van der Waals surface area contributed by atoms with Gasteiger partial charge in [-0.1, -0.05) is 43.4 Å². The van der Waals surface area contributed by atoms with Crippen LogP contribution in [0.1, 0.15) is 37.7 Å². The molecule has 0 bridgehead atoms. The minimum Gasteiger partial charge on any atom is -0.317 e. The molecule has 1 aliphatic rings. The quantitative estimate of drug-likeness (QED) is 0.845. The summed E-state index contributed by atoms with van der Waals surface area (Å²) in [5.41, 5.74) is 1.02. The van der Waals surface area contributed by atoms with Gasteiger partial charge in [-0.05, 0) is 43.5 Å². The van der Waals surface area contributed by atoms with Crippen molar-refractivity contribution < 1.29 is 4.39 Å². The minimum atomic E-state index is -0.315. The fourth-order valence-electron chi connectivity index (χ4n) is 2.90. The molecule has 1 aromatic carbocycles. The molecular weight excluding hydrogens is 249 g/mol. The summed E-state index contributed by atoms with van der Waals surface area (Å²) in [4.78, 5) is 0. The van der Waals surface area contributed by atoms with Crippen molar-refractivity contribution in [1.29, 1.82) is 0 Å². The predicted octanol–water partition coefficient (Wildman–Crippen LogP) is 4.19. The molecular formula is C15H21ClFN. The fourth-order valence-corrected chi connectivity index (χ4v) is 3.02. The highest BCUT2D eigenvalue weighted by molar-refractivity contribution is 6.30. The van der Waals surface area contributed by atoms with Crippen LogP contribution >= 0.6 is 11.6 Å². The van der Waals surface area contributed by atoms with Crippen LogP contribution < -0.4 is 5.32 Å². The van der Waals surface area contributed by atoms with Crippen LogP contribution in [0.2, 0.25) is 5.02 Å². The van der Waals surface area contributed by atoms with E-state index < -0.39 is 0 Å². The third-order valence-electron chi connectivity index (χ3n) is 3.97. The Kier molecular flexibility index (Phi) is 5.02. The lowest BCUT2D eigenvalue weighted by Gasteiger charge is -2.20. The summed E-state index contributed by atoms with van der Waals surface area (Å²) in [7, 11) is 1.99. The summed E-state index contributed by atoms with van der Waals surface area (Å²) >= 11 is 5.70. The van der Waals surface area contributed by atoms with Gasteiger partial charge < -0.3 is 5.32 Å². The van der Waals surface area contributed by atoms with E-state index in [1.165, 1.54) is 32.1 Å². The van der Waals surface area contributed by atoms with Gasteiger partial charge in [0, 0.05) is 6.04 Å². The summed E-state index contributed by atoms with van der Waals surface area (Å²) in [5.74, 6) is 0.532. The van der Waals surface area contributed by atoms with Crippen molar-refractivity contribution in [2.24, 2.45) is 5.92 Å². The summed E-state index contributed by atoms with van der Waals surface area (Å²) in [6.07, 6.45) is 7.52. The van der Waals surface area contributed by atoms with Crippen LogP contribution in [0.5, 0.6) is 0 Å². The Labute approximate surface area is 114 Å². The number of likely N-dealkylation sites (N-methyl/N-ethyl adjacent to an activating group) is 1. The second-order valence-electron chi connectivity index (χ2n) is 5.32. The summed E-state index contributed by atoms with van der Waals surface area (Å²) in [6, 6.07) is 5.56. The first-order valence-electron chi connectivity index (χ1n) is 6.80. The maximum atomic E-state index is 13.4. The molecule has 1 saturated carbocycles. The van der Waals surface area contributed by atoms with Crippen LogP contribution in [0.25, 0.3) is 0 Å². The predicted molar refractivity (Wildman–Crippen MR) is 74.5 cm³/mol. The molecule has 3 heteroatoms. The Morgan fingerprint density at radius 2 is 2.11 bits per heavy atom. The zero-order valence-corrected chi connectivity index (χ0v) is 11.6. The molecule has 1 fully saturated rings. The highest BCUT2D eigenvalue weighted by Crippen LogP contribution is 2.29. The number of hydrogen-bond acceptors (Lipinski definition) is 1. The molecule has 1 atom stereocenters. The van der Waals surface area contributed by atoms with Gasteiger partial charge in [0.05, 0.1) is 5.02 Å². The first kappa shape index (κ1) is 13.8. The Hall–Kier alpha value is -0.600. The van der Waals surface area contributed by atoms with Gasteiger partial charge in [0.1, 0.15) is 5.82 Å². The van der Waals surface area contributed by atoms with Gasteiger partial charge in [0.2, 0.25) is 0 Å². The number of nitrogens with one attached hydrogen (secondary N) is 1. The molecule has 0 spiro atoms. The molecule has 1 unspecified atom stereocenters. The Morgan fingerprint density at radius 1 is 1.39 bits per heavy atom. The van der Waals surface area contributed by atoms with Gasteiger partial charge in [0.25, 0.3) is 0 Å². The monoisotopic (exact) mass is 269 g/mol. The maximum absolute atomic E-state index is 13.4. The van der Waals surface area contributed by atoms with E-state index in [1.807, 2.05) is 13.1 Å². The van der Waals surface area contributed by atoms with Gasteiger partial charge >= 0.3 is 0 Å². The van der Waals surface area contributed by atoms with E-state index >= 15 is 0 Å². The van der Waals surface area contributed by atoms with Gasteiger partial charge in [-0.15, -0.1) is 0 Å². The zero-order chi connectivity index (χ0) is 13.0. The lowest BCUT2D eigenvalue weighted by Crippen LogP contribution is -2.29. The van der Waals surface area contributed by atoms with Crippen molar-refractivity contribution in [3.05, 3.63) is 34.6 Å². The van der Waals surface area contributed by atoms with Crippen LogP contribution in [-0.4, -0.2) is 13.1 Å². The second-order valence-corrected chi connectivity index (χ2v) is 5.73. The van der Waals surface area contributed by atoms with Crippen molar-refractivity contribution in [1.82, 2.24) is 5.32 Å². The first-order valence-corrected chi connectivity index (χ1v) is 7.18. The third kappa shape index (κ3) is 3.69. The van der Waals surface area contributed by atoms with E-state index in [0.717, 1.165) is 17.9 Å².